The minimum atomic E-state index is -0.311. The molecule has 112 valence electrons. The Morgan fingerprint density at radius 2 is 1.81 bits per heavy atom. The third-order valence-corrected chi connectivity index (χ3v) is 2.98. The predicted molar refractivity (Wildman–Crippen MR) is 81.0 cm³/mol. The van der Waals surface area contributed by atoms with E-state index in [-0.39, 0.29) is 11.9 Å². The van der Waals surface area contributed by atoms with Crippen molar-refractivity contribution >= 4 is 23.3 Å². The summed E-state index contributed by atoms with van der Waals surface area (Å²) in [6.45, 7) is 2.84. The molecule has 3 N–H and O–H groups in total. The van der Waals surface area contributed by atoms with Crippen LogP contribution in [0.2, 0.25) is 0 Å². The van der Waals surface area contributed by atoms with Crippen LogP contribution in [-0.4, -0.2) is 25.2 Å². The lowest BCUT2D eigenvalue weighted by Gasteiger charge is -2.14. The molecule has 0 saturated carbocycles. The van der Waals surface area contributed by atoms with Crippen molar-refractivity contribution in [2.75, 3.05) is 23.8 Å². The molecule has 0 unspecified atom stereocenters. The number of urea groups is 1. The summed E-state index contributed by atoms with van der Waals surface area (Å²) < 4.78 is 5.24. The lowest BCUT2D eigenvalue weighted by atomic mass is 10.1. The Morgan fingerprint density at radius 1 is 1.14 bits per heavy atom. The van der Waals surface area contributed by atoms with Crippen LogP contribution in [0, 0.1) is 0 Å². The van der Waals surface area contributed by atoms with Gasteiger partial charge in [-0.15, -0.1) is 0 Å². The van der Waals surface area contributed by atoms with E-state index in [2.05, 4.69) is 16.0 Å². The topological polar surface area (TPSA) is 79.5 Å². The number of amides is 3. The molecule has 0 atom stereocenters. The van der Waals surface area contributed by atoms with Crippen LogP contribution >= 0.6 is 0 Å². The molecule has 1 aromatic carbocycles. The largest absolute Gasteiger partial charge is 0.381 e. The third-order valence-electron chi connectivity index (χ3n) is 2.98. The Bertz CT molecular complexity index is 547. The van der Waals surface area contributed by atoms with Gasteiger partial charge in [-0.05, 0) is 36.6 Å². The first-order valence-corrected chi connectivity index (χ1v) is 6.84. The van der Waals surface area contributed by atoms with E-state index in [1.165, 1.54) is 12.5 Å². The summed E-state index contributed by atoms with van der Waals surface area (Å²) in [5, 5.41) is 8.09. The van der Waals surface area contributed by atoms with Gasteiger partial charge in [-0.25, -0.2) is 4.79 Å². The van der Waals surface area contributed by atoms with Crippen LogP contribution in [-0.2, 0) is 9.53 Å². The van der Waals surface area contributed by atoms with E-state index in [4.69, 9.17) is 4.74 Å². The van der Waals surface area contributed by atoms with Gasteiger partial charge >= 0.3 is 6.03 Å². The Balaban J connectivity index is 1.88. The van der Waals surface area contributed by atoms with E-state index in [0.29, 0.717) is 24.6 Å². The van der Waals surface area contributed by atoms with E-state index < -0.39 is 0 Å². The van der Waals surface area contributed by atoms with Gasteiger partial charge in [-0.3, -0.25) is 4.79 Å². The molecule has 0 aromatic heterocycles. The molecule has 21 heavy (non-hydrogen) atoms. The SMILES string of the molecule is CC(=O)Nc1cccc(NC(=O)NC=C2CCOCC2)c1. The monoisotopic (exact) mass is 289 g/mol. The highest BCUT2D eigenvalue weighted by molar-refractivity contribution is 5.92. The van der Waals surface area contributed by atoms with E-state index in [1.807, 2.05) is 0 Å². The second kappa shape index (κ2) is 7.44. The number of carbonyl (C=O) groups is 2. The molecule has 6 heteroatoms. The third kappa shape index (κ3) is 5.27. The van der Waals surface area contributed by atoms with Gasteiger partial charge in [-0.1, -0.05) is 6.07 Å². The van der Waals surface area contributed by atoms with Crippen molar-refractivity contribution in [2.24, 2.45) is 0 Å². The Morgan fingerprint density at radius 3 is 2.48 bits per heavy atom. The number of ether oxygens (including phenoxy) is 1. The highest BCUT2D eigenvalue weighted by Crippen LogP contribution is 2.15. The van der Waals surface area contributed by atoms with Crippen molar-refractivity contribution in [2.45, 2.75) is 19.8 Å². The molecule has 3 amide bonds. The summed E-state index contributed by atoms with van der Waals surface area (Å²) >= 11 is 0. The molecule has 0 bridgehead atoms. The van der Waals surface area contributed by atoms with E-state index >= 15 is 0 Å². The van der Waals surface area contributed by atoms with Gasteiger partial charge in [0.1, 0.15) is 0 Å². The van der Waals surface area contributed by atoms with Gasteiger partial charge in [0, 0.05) is 24.5 Å². The van der Waals surface area contributed by atoms with Crippen molar-refractivity contribution in [3.05, 3.63) is 36.0 Å². The molecule has 1 aromatic rings. The van der Waals surface area contributed by atoms with Crippen molar-refractivity contribution in [1.82, 2.24) is 5.32 Å². The molecule has 6 nitrogen and oxygen atoms in total. The average Bonchev–Trinajstić information content (AvgIpc) is 2.46. The van der Waals surface area contributed by atoms with Crippen LogP contribution in [0.5, 0.6) is 0 Å². The first kappa shape index (κ1) is 15.1. The van der Waals surface area contributed by atoms with Crippen LogP contribution in [0.3, 0.4) is 0 Å². The predicted octanol–water partition coefficient (Wildman–Crippen LogP) is 2.46. The number of hydrogen-bond donors (Lipinski definition) is 3. The minimum absolute atomic E-state index is 0.152. The Kier molecular flexibility index (Phi) is 5.34. The van der Waals surface area contributed by atoms with Crippen LogP contribution in [0.1, 0.15) is 19.8 Å². The number of hydrogen-bond acceptors (Lipinski definition) is 3. The van der Waals surface area contributed by atoms with Crippen molar-refractivity contribution < 1.29 is 14.3 Å². The van der Waals surface area contributed by atoms with Gasteiger partial charge in [0.05, 0.1) is 13.2 Å². The molecule has 0 aliphatic carbocycles. The lowest BCUT2D eigenvalue weighted by Crippen LogP contribution is -2.25. The molecule has 1 saturated heterocycles. The Hall–Kier alpha value is -2.34. The lowest BCUT2D eigenvalue weighted by molar-refractivity contribution is -0.114. The zero-order chi connectivity index (χ0) is 15.1. The number of nitrogens with one attached hydrogen (secondary N) is 3. The smallest absolute Gasteiger partial charge is 0.323 e. The summed E-state index contributed by atoms with van der Waals surface area (Å²) in [6, 6.07) is 6.66. The summed E-state index contributed by atoms with van der Waals surface area (Å²) in [6.07, 6.45) is 3.42. The molecule has 0 radical (unpaired) electrons. The standard InChI is InChI=1S/C15H19N3O3/c1-11(19)17-13-3-2-4-14(9-13)18-15(20)16-10-12-5-7-21-8-6-12/h2-4,9-10H,5-8H2,1H3,(H,17,19)(H2,16,18,20). The van der Waals surface area contributed by atoms with Crippen LogP contribution in [0.25, 0.3) is 0 Å². The molecular formula is C15H19N3O3. The van der Waals surface area contributed by atoms with Crippen LogP contribution in [0.4, 0.5) is 16.2 Å². The second-order valence-corrected chi connectivity index (χ2v) is 4.78. The Labute approximate surface area is 123 Å². The van der Waals surface area contributed by atoms with Gasteiger partial charge in [0.25, 0.3) is 0 Å². The average molecular weight is 289 g/mol. The maximum absolute atomic E-state index is 11.8. The molecule has 1 aliphatic heterocycles. The summed E-state index contributed by atoms with van der Waals surface area (Å²) in [4.78, 5) is 22.8. The first-order chi connectivity index (χ1) is 10.1. The molecular weight excluding hydrogens is 270 g/mol. The molecule has 1 fully saturated rings. The molecule has 1 aliphatic rings. The maximum atomic E-state index is 11.8. The quantitative estimate of drug-likeness (QED) is 0.799. The zero-order valence-corrected chi connectivity index (χ0v) is 11.9. The van der Waals surface area contributed by atoms with Gasteiger partial charge < -0.3 is 20.7 Å². The number of carbonyl (C=O) groups excluding carboxylic acids is 2. The van der Waals surface area contributed by atoms with Crippen LogP contribution in [0.15, 0.2) is 36.0 Å². The summed E-state index contributed by atoms with van der Waals surface area (Å²) in [7, 11) is 0. The minimum Gasteiger partial charge on any atom is -0.381 e. The molecule has 1 heterocycles. The molecule has 2 rings (SSSR count). The zero-order valence-electron chi connectivity index (χ0n) is 11.9. The van der Waals surface area contributed by atoms with Crippen molar-refractivity contribution in [3.8, 4) is 0 Å². The van der Waals surface area contributed by atoms with Gasteiger partial charge in [0.2, 0.25) is 5.91 Å². The highest BCUT2D eigenvalue weighted by atomic mass is 16.5. The van der Waals surface area contributed by atoms with Crippen LogP contribution < -0.4 is 16.0 Å². The fourth-order valence-corrected chi connectivity index (χ4v) is 1.99. The van der Waals surface area contributed by atoms with E-state index in [0.717, 1.165) is 12.8 Å². The number of rotatable bonds is 3. The number of benzene rings is 1. The van der Waals surface area contributed by atoms with E-state index in [1.54, 1.807) is 30.5 Å². The highest BCUT2D eigenvalue weighted by Gasteiger charge is 2.06. The maximum Gasteiger partial charge on any atom is 0.323 e. The number of anilines is 2. The van der Waals surface area contributed by atoms with Crippen molar-refractivity contribution in [1.29, 1.82) is 0 Å². The van der Waals surface area contributed by atoms with E-state index in [9.17, 15) is 9.59 Å². The fourth-order valence-electron chi connectivity index (χ4n) is 1.99. The normalized spacial score (nSPS) is 14.2. The fraction of sp³-hybridized carbons (Fsp3) is 0.333. The van der Waals surface area contributed by atoms with Crippen molar-refractivity contribution in [3.63, 3.8) is 0 Å². The second-order valence-electron chi connectivity index (χ2n) is 4.78. The summed E-state index contributed by atoms with van der Waals surface area (Å²) in [5.74, 6) is -0.152. The molecule has 0 spiro atoms. The summed E-state index contributed by atoms with van der Waals surface area (Å²) in [5.41, 5.74) is 2.43. The van der Waals surface area contributed by atoms with Gasteiger partial charge in [-0.2, -0.15) is 0 Å². The van der Waals surface area contributed by atoms with Gasteiger partial charge in [0.15, 0.2) is 0 Å². The first-order valence-electron chi connectivity index (χ1n) is 6.84.